The fourth-order valence-electron chi connectivity index (χ4n) is 3.11. The van der Waals surface area contributed by atoms with E-state index in [0.29, 0.717) is 13.1 Å². The molecule has 0 radical (unpaired) electrons. The van der Waals surface area contributed by atoms with Crippen LogP contribution >= 0.6 is 0 Å². The topological polar surface area (TPSA) is 82.3 Å². The number of H-pyrrole nitrogens is 1. The fraction of sp³-hybridized carbons (Fsp3) is 0.381. The van der Waals surface area contributed by atoms with Crippen molar-refractivity contribution in [3.8, 4) is 11.3 Å². The van der Waals surface area contributed by atoms with Gasteiger partial charge in [0.2, 0.25) is 0 Å². The van der Waals surface area contributed by atoms with E-state index in [1.54, 1.807) is 0 Å². The molecule has 0 atom stereocenters. The quantitative estimate of drug-likeness (QED) is 0.485. The minimum Gasteiger partial charge on any atom is -0.361 e. The van der Waals surface area contributed by atoms with Gasteiger partial charge in [-0.15, -0.1) is 0 Å². The van der Waals surface area contributed by atoms with E-state index in [9.17, 15) is 0 Å². The van der Waals surface area contributed by atoms with Crippen LogP contribution in [0, 0.1) is 13.8 Å². The fourth-order valence-corrected chi connectivity index (χ4v) is 3.11. The third-order valence-corrected chi connectivity index (χ3v) is 4.60. The molecular weight excluding hydrogens is 352 g/mol. The molecule has 2 heterocycles. The highest BCUT2D eigenvalue weighted by molar-refractivity contribution is 5.79. The van der Waals surface area contributed by atoms with Crippen molar-refractivity contribution in [3.63, 3.8) is 0 Å². The number of rotatable bonds is 7. The molecule has 0 aliphatic heterocycles. The molecule has 0 bridgehead atoms. The van der Waals surface area contributed by atoms with E-state index in [0.717, 1.165) is 53.0 Å². The smallest absolute Gasteiger partial charge is 0.194 e. The molecule has 3 rings (SSSR count). The number of nitrogens with zero attached hydrogens (tertiary/aromatic N) is 4. The first kappa shape index (κ1) is 19.7. The second-order valence-electron chi connectivity index (χ2n) is 6.75. The number of nitrogens with one attached hydrogen (secondary N) is 2. The summed E-state index contributed by atoms with van der Waals surface area (Å²) in [5, 5.41) is 7.35. The SMILES string of the molecule is CCNC(=NCCc1c(C)noc1C)N(C)Cc1ncc(-c2ccccc2)[nH]1. The normalized spacial score (nSPS) is 11.6. The zero-order chi connectivity index (χ0) is 19.9. The lowest BCUT2D eigenvalue weighted by Crippen LogP contribution is -2.38. The standard InChI is InChI=1S/C21H28N6O/c1-5-22-21(23-12-11-18-15(2)26-28-16(18)3)27(4)14-20-24-13-19(25-20)17-9-7-6-8-10-17/h6-10,13H,5,11-12,14H2,1-4H3,(H,22,23)(H,24,25). The van der Waals surface area contributed by atoms with Gasteiger partial charge in [-0.2, -0.15) is 0 Å². The average Bonchev–Trinajstić information content (AvgIpc) is 3.29. The van der Waals surface area contributed by atoms with Crippen molar-refractivity contribution >= 4 is 5.96 Å². The minimum absolute atomic E-state index is 0.643. The van der Waals surface area contributed by atoms with Gasteiger partial charge in [-0.1, -0.05) is 35.5 Å². The van der Waals surface area contributed by atoms with Crippen molar-refractivity contribution < 1.29 is 4.52 Å². The summed E-state index contributed by atoms with van der Waals surface area (Å²) in [6.45, 7) is 8.10. The van der Waals surface area contributed by atoms with Crippen LogP contribution in [0.3, 0.4) is 0 Å². The molecule has 0 saturated carbocycles. The Morgan fingerprint density at radius 1 is 1.25 bits per heavy atom. The summed E-state index contributed by atoms with van der Waals surface area (Å²) < 4.78 is 5.23. The van der Waals surface area contributed by atoms with Crippen LogP contribution in [-0.2, 0) is 13.0 Å². The first-order valence-electron chi connectivity index (χ1n) is 9.59. The van der Waals surface area contributed by atoms with Gasteiger partial charge in [0, 0.05) is 25.7 Å². The molecule has 0 unspecified atom stereocenters. The van der Waals surface area contributed by atoms with E-state index >= 15 is 0 Å². The minimum atomic E-state index is 0.643. The van der Waals surface area contributed by atoms with Crippen LogP contribution in [0.5, 0.6) is 0 Å². The summed E-state index contributed by atoms with van der Waals surface area (Å²) in [5.74, 6) is 2.62. The van der Waals surface area contributed by atoms with Gasteiger partial charge in [0.05, 0.1) is 24.1 Å². The number of guanidine groups is 1. The van der Waals surface area contributed by atoms with Crippen molar-refractivity contribution in [3.05, 3.63) is 59.4 Å². The summed E-state index contributed by atoms with van der Waals surface area (Å²) >= 11 is 0. The molecule has 7 nitrogen and oxygen atoms in total. The van der Waals surface area contributed by atoms with Crippen LogP contribution in [0.15, 0.2) is 46.0 Å². The van der Waals surface area contributed by atoms with Crippen LogP contribution in [-0.4, -0.2) is 46.1 Å². The molecule has 2 aromatic heterocycles. The predicted octanol–water partition coefficient (Wildman–Crippen LogP) is 3.32. The maximum Gasteiger partial charge on any atom is 0.194 e. The van der Waals surface area contributed by atoms with E-state index in [4.69, 9.17) is 9.52 Å². The Balaban J connectivity index is 1.64. The highest BCUT2D eigenvalue weighted by atomic mass is 16.5. The Morgan fingerprint density at radius 2 is 2.04 bits per heavy atom. The maximum atomic E-state index is 5.23. The van der Waals surface area contributed by atoms with E-state index in [2.05, 4.69) is 44.4 Å². The number of imidazole rings is 1. The Kier molecular flexibility index (Phi) is 6.47. The Morgan fingerprint density at radius 3 is 2.71 bits per heavy atom. The van der Waals surface area contributed by atoms with E-state index in [1.165, 1.54) is 0 Å². The molecule has 0 spiro atoms. The lowest BCUT2D eigenvalue weighted by Gasteiger charge is -2.21. The number of aromatic nitrogens is 3. The molecule has 3 aromatic rings. The number of aromatic amines is 1. The zero-order valence-corrected chi connectivity index (χ0v) is 17.0. The molecule has 28 heavy (non-hydrogen) atoms. The Hall–Kier alpha value is -3.09. The van der Waals surface area contributed by atoms with Gasteiger partial charge in [-0.3, -0.25) is 4.99 Å². The second kappa shape index (κ2) is 9.21. The number of aliphatic imine (C=N–C) groups is 1. The van der Waals surface area contributed by atoms with Gasteiger partial charge in [0.25, 0.3) is 0 Å². The second-order valence-corrected chi connectivity index (χ2v) is 6.75. The zero-order valence-electron chi connectivity index (χ0n) is 17.0. The molecule has 0 saturated heterocycles. The largest absolute Gasteiger partial charge is 0.361 e. The summed E-state index contributed by atoms with van der Waals surface area (Å²) in [6, 6.07) is 10.2. The number of benzene rings is 1. The third-order valence-electron chi connectivity index (χ3n) is 4.60. The molecule has 2 N–H and O–H groups in total. The van der Waals surface area contributed by atoms with Crippen LogP contribution < -0.4 is 5.32 Å². The number of hydrogen-bond donors (Lipinski definition) is 2. The summed E-state index contributed by atoms with van der Waals surface area (Å²) in [4.78, 5) is 14.7. The van der Waals surface area contributed by atoms with Crippen LogP contribution in [0.2, 0.25) is 0 Å². The monoisotopic (exact) mass is 380 g/mol. The predicted molar refractivity (Wildman–Crippen MR) is 111 cm³/mol. The van der Waals surface area contributed by atoms with Crippen LogP contribution in [0.4, 0.5) is 0 Å². The van der Waals surface area contributed by atoms with Gasteiger partial charge in [0.1, 0.15) is 11.6 Å². The molecule has 7 heteroatoms. The molecule has 0 amide bonds. The highest BCUT2D eigenvalue weighted by Crippen LogP contribution is 2.16. The first-order valence-corrected chi connectivity index (χ1v) is 9.59. The first-order chi connectivity index (χ1) is 13.6. The molecule has 0 aliphatic carbocycles. The Bertz CT molecular complexity index is 893. The molecular formula is C21H28N6O. The molecule has 0 aliphatic rings. The molecule has 1 aromatic carbocycles. The summed E-state index contributed by atoms with van der Waals surface area (Å²) in [5.41, 5.74) is 4.23. The van der Waals surface area contributed by atoms with Crippen molar-refractivity contribution in [2.45, 2.75) is 33.7 Å². The summed E-state index contributed by atoms with van der Waals surface area (Å²) in [7, 11) is 2.02. The van der Waals surface area contributed by atoms with Crippen LogP contribution in [0.25, 0.3) is 11.3 Å². The lowest BCUT2D eigenvalue weighted by atomic mass is 10.1. The maximum absolute atomic E-state index is 5.23. The molecule has 0 fully saturated rings. The lowest BCUT2D eigenvalue weighted by molar-refractivity contribution is 0.392. The van der Waals surface area contributed by atoms with Crippen molar-refractivity contribution in [2.24, 2.45) is 4.99 Å². The molecule has 148 valence electrons. The average molecular weight is 380 g/mol. The van der Waals surface area contributed by atoms with Gasteiger partial charge < -0.3 is 19.7 Å². The number of hydrogen-bond acceptors (Lipinski definition) is 4. The summed E-state index contributed by atoms with van der Waals surface area (Å²) in [6.07, 6.45) is 2.68. The Labute approximate surface area is 165 Å². The van der Waals surface area contributed by atoms with Gasteiger partial charge in [0.15, 0.2) is 5.96 Å². The third kappa shape index (κ3) is 4.79. The van der Waals surface area contributed by atoms with Crippen molar-refractivity contribution in [1.29, 1.82) is 0 Å². The van der Waals surface area contributed by atoms with Crippen molar-refractivity contribution in [2.75, 3.05) is 20.1 Å². The highest BCUT2D eigenvalue weighted by Gasteiger charge is 2.11. The van der Waals surface area contributed by atoms with E-state index in [-0.39, 0.29) is 0 Å². The van der Waals surface area contributed by atoms with Gasteiger partial charge >= 0.3 is 0 Å². The van der Waals surface area contributed by atoms with Gasteiger partial charge in [-0.25, -0.2) is 4.98 Å². The van der Waals surface area contributed by atoms with Gasteiger partial charge in [-0.05, 0) is 32.8 Å². The number of aryl methyl sites for hydroxylation is 2. The van der Waals surface area contributed by atoms with Crippen LogP contribution in [0.1, 0.15) is 29.8 Å². The van der Waals surface area contributed by atoms with E-state index in [1.807, 2.05) is 45.3 Å². The van der Waals surface area contributed by atoms with Crippen molar-refractivity contribution in [1.82, 2.24) is 25.3 Å². The van der Waals surface area contributed by atoms with E-state index < -0.39 is 0 Å².